The molecule has 18 heavy (non-hydrogen) atoms. The number of aromatic nitrogens is 1. The molecule has 1 fully saturated rings. The van der Waals surface area contributed by atoms with E-state index in [2.05, 4.69) is 24.9 Å². The summed E-state index contributed by atoms with van der Waals surface area (Å²) in [5.41, 5.74) is 1.93. The summed E-state index contributed by atoms with van der Waals surface area (Å²) in [7, 11) is 0. The number of ether oxygens (including phenoxy) is 1. The average Bonchev–Trinajstić information content (AvgIpc) is 2.32. The van der Waals surface area contributed by atoms with E-state index in [-0.39, 0.29) is 6.10 Å². The van der Waals surface area contributed by atoms with Gasteiger partial charge in [0.15, 0.2) is 0 Å². The molecule has 2 rings (SSSR count). The van der Waals surface area contributed by atoms with Gasteiger partial charge in [0.1, 0.15) is 17.7 Å². The first-order chi connectivity index (χ1) is 8.52. The Morgan fingerprint density at radius 1 is 1.39 bits per heavy atom. The highest BCUT2D eigenvalue weighted by atomic mass is 16.5. The van der Waals surface area contributed by atoms with Gasteiger partial charge < -0.3 is 4.74 Å². The van der Waals surface area contributed by atoms with Crippen molar-refractivity contribution in [2.45, 2.75) is 52.6 Å². The van der Waals surface area contributed by atoms with E-state index in [0.29, 0.717) is 16.9 Å². The molecular weight excluding hydrogens is 224 g/mol. The SMILES string of the molecule is Cc1ccnc(OC2CCC(C)(C)CC2)c1C#N. The fourth-order valence-corrected chi connectivity index (χ4v) is 2.41. The van der Waals surface area contributed by atoms with Crippen LogP contribution < -0.4 is 4.74 Å². The van der Waals surface area contributed by atoms with Crippen LogP contribution in [0.15, 0.2) is 12.3 Å². The van der Waals surface area contributed by atoms with Crippen molar-refractivity contribution < 1.29 is 4.74 Å². The minimum atomic E-state index is 0.208. The molecule has 3 heteroatoms. The summed E-state index contributed by atoms with van der Waals surface area (Å²) in [4.78, 5) is 4.20. The largest absolute Gasteiger partial charge is 0.473 e. The molecule has 0 aliphatic heterocycles. The van der Waals surface area contributed by atoms with Crippen LogP contribution in [0.5, 0.6) is 5.88 Å². The van der Waals surface area contributed by atoms with E-state index in [0.717, 1.165) is 18.4 Å². The monoisotopic (exact) mass is 244 g/mol. The van der Waals surface area contributed by atoms with Gasteiger partial charge >= 0.3 is 0 Å². The van der Waals surface area contributed by atoms with Crippen LogP contribution in [0.2, 0.25) is 0 Å². The van der Waals surface area contributed by atoms with E-state index in [1.807, 2.05) is 13.0 Å². The molecular formula is C15H20N2O. The molecule has 0 aromatic carbocycles. The average molecular weight is 244 g/mol. The highest BCUT2D eigenvalue weighted by Crippen LogP contribution is 2.36. The molecule has 0 atom stereocenters. The zero-order valence-electron chi connectivity index (χ0n) is 11.4. The molecule has 1 aliphatic carbocycles. The van der Waals surface area contributed by atoms with Crippen molar-refractivity contribution in [3.63, 3.8) is 0 Å². The van der Waals surface area contributed by atoms with Gasteiger partial charge in [-0.05, 0) is 49.7 Å². The van der Waals surface area contributed by atoms with Crippen LogP contribution in [0, 0.1) is 23.7 Å². The minimum Gasteiger partial charge on any atom is -0.473 e. The molecule has 0 bridgehead atoms. The molecule has 1 heterocycles. The summed E-state index contributed by atoms with van der Waals surface area (Å²) >= 11 is 0. The van der Waals surface area contributed by atoms with Gasteiger partial charge in [0.25, 0.3) is 0 Å². The summed E-state index contributed by atoms with van der Waals surface area (Å²) in [6, 6.07) is 4.02. The number of hydrogen-bond acceptors (Lipinski definition) is 3. The maximum Gasteiger partial charge on any atom is 0.232 e. The lowest BCUT2D eigenvalue weighted by atomic mass is 9.76. The molecule has 0 amide bonds. The van der Waals surface area contributed by atoms with Gasteiger partial charge in [0.2, 0.25) is 5.88 Å². The Labute approximate surface area is 109 Å². The summed E-state index contributed by atoms with van der Waals surface area (Å²) in [5, 5.41) is 9.14. The quantitative estimate of drug-likeness (QED) is 0.798. The standard InChI is InChI=1S/C15H20N2O/c1-11-6-9-17-14(13(11)10-16)18-12-4-7-15(2,3)8-5-12/h6,9,12H,4-5,7-8H2,1-3H3. The maximum atomic E-state index is 9.14. The molecule has 1 aliphatic rings. The molecule has 0 saturated heterocycles. The lowest BCUT2D eigenvalue weighted by molar-refractivity contribution is 0.0946. The van der Waals surface area contributed by atoms with E-state index in [1.165, 1.54) is 12.8 Å². The van der Waals surface area contributed by atoms with Crippen LogP contribution in [-0.2, 0) is 0 Å². The lowest BCUT2D eigenvalue weighted by Gasteiger charge is -2.34. The number of aryl methyl sites for hydroxylation is 1. The minimum absolute atomic E-state index is 0.208. The number of hydrogen-bond donors (Lipinski definition) is 0. The van der Waals surface area contributed by atoms with Crippen LogP contribution in [0.1, 0.15) is 50.7 Å². The van der Waals surface area contributed by atoms with E-state index >= 15 is 0 Å². The highest BCUT2D eigenvalue weighted by molar-refractivity contribution is 5.43. The molecule has 0 radical (unpaired) electrons. The molecule has 1 aromatic heterocycles. The Hall–Kier alpha value is -1.56. The Kier molecular flexibility index (Phi) is 3.56. The molecule has 3 nitrogen and oxygen atoms in total. The molecule has 1 aromatic rings. The second-order valence-corrected chi connectivity index (χ2v) is 5.90. The first-order valence-corrected chi connectivity index (χ1v) is 6.54. The molecule has 0 N–H and O–H groups in total. The van der Waals surface area contributed by atoms with Crippen molar-refractivity contribution in [2.24, 2.45) is 5.41 Å². The molecule has 0 unspecified atom stereocenters. The smallest absolute Gasteiger partial charge is 0.232 e. The zero-order chi connectivity index (χ0) is 13.2. The topological polar surface area (TPSA) is 45.9 Å². The Morgan fingerprint density at radius 3 is 2.67 bits per heavy atom. The van der Waals surface area contributed by atoms with Crippen LogP contribution in [0.3, 0.4) is 0 Å². The van der Waals surface area contributed by atoms with Gasteiger partial charge in [-0.3, -0.25) is 0 Å². The predicted molar refractivity (Wildman–Crippen MR) is 70.4 cm³/mol. The molecule has 1 saturated carbocycles. The van der Waals surface area contributed by atoms with E-state index in [1.54, 1.807) is 6.20 Å². The van der Waals surface area contributed by atoms with Crippen molar-refractivity contribution in [3.8, 4) is 11.9 Å². The van der Waals surface area contributed by atoms with Crippen molar-refractivity contribution in [2.75, 3.05) is 0 Å². The summed E-state index contributed by atoms with van der Waals surface area (Å²) < 4.78 is 5.92. The number of nitrogens with zero attached hydrogens (tertiary/aromatic N) is 2. The summed E-state index contributed by atoms with van der Waals surface area (Å²) in [6.45, 7) is 6.51. The van der Waals surface area contributed by atoms with Crippen molar-refractivity contribution in [3.05, 3.63) is 23.4 Å². The third-order valence-corrected chi connectivity index (χ3v) is 3.80. The van der Waals surface area contributed by atoms with Gasteiger partial charge in [-0.1, -0.05) is 13.8 Å². The predicted octanol–water partition coefficient (Wildman–Crippen LogP) is 3.61. The maximum absolute atomic E-state index is 9.14. The Morgan fingerprint density at radius 2 is 2.06 bits per heavy atom. The van der Waals surface area contributed by atoms with Gasteiger partial charge in [0.05, 0.1) is 0 Å². The summed E-state index contributed by atoms with van der Waals surface area (Å²) in [6.07, 6.45) is 6.36. The molecule has 96 valence electrons. The third-order valence-electron chi connectivity index (χ3n) is 3.80. The molecule has 0 spiro atoms. The normalized spacial score (nSPS) is 19.2. The summed E-state index contributed by atoms with van der Waals surface area (Å²) in [5.74, 6) is 0.502. The second kappa shape index (κ2) is 4.97. The number of pyridine rings is 1. The van der Waals surface area contributed by atoms with Gasteiger partial charge in [-0.15, -0.1) is 0 Å². The first kappa shape index (κ1) is 12.9. The zero-order valence-corrected chi connectivity index (χ0v) is 11.4. The van der Waals surface area contributed by atoms with Gasteiger partial charge in [0, 0.05) is 6.20 Å². The Bertz CT molecular complexity index is 464. The van der Waals surface area contributed by atoms with Crippen LogP contribution >= 0.6 is 0 Å². The van der Waals surface area contributed by atoms with Crippen molar-refractivity contribution in [1.29, 1.82) is 5.26 Å². The van der Waals surface area contributed by atoms with Crippen LogP contribution in [-0.4, -0.2) is 11.1 Å². The van der Waals surface area contributed by atoms with Gasteiger partial charge in [-0.2, -0.15) is 5.26 Å². The number of rotatable bonds is 2. The van der Waals surface area contributed by atoms with E-state index < -0.39 is 0 Å². The van der Waals surface area contributed by atoms with E-state index in [4.69, 9.17) is 10.00 Å². The van der Waals surface area contributed by atoms with Crippen molar-refractivity contribution in [1.82, 2.24) is 4.98 Å². The Balaban J connectivity index is 2.07. The van der Waals surface area contributed by atoms with Gasteiger partial charge in [-0.25, -0.2) is 4.98 Å². The highest BCUT2D eigenvalue weighted by Gasteiger charge is 2.28. The number of nitriles is 1. The second-order valence-electron chi connectivity index (χ2n) is 5.90. The lowest BCUT2D eigenvalue weighted by Crippen LogP contribution is -2.28. The van der Waals surface area contributed by atoms with Crippen LogP contribution in [0.4, 0.5) is 0 Å². The first-order valence-electron chi connectivity index (χ1n) is 6.54. The van der Waals surface area contributed by atoms with Crippen LogP contribution in [0.25, 0.3) is 0 Å². The fourth-order valence-electron chi connectivity index (χ4n) is 2.41. The van der Waals surface area contributed by atoms with E-state index in [9.17, 15) is 0 Å². The fraction of sp³-hybridized carbons (Fsp3) is 0.600. The van der Waals surface area contributed by atoms with Crippen molar-refractivity contribution >= 4 is 0 Å². The third kappa shape index (κ3) is 2.81.